The molecule has 2 aromatic rings. The van der Waals surface area contributed by atoms with E-state index in [-0.39, 0.29) is 24.0 Å². The normalized spacial score (nSPS) is 18.1. The summed E-state index contributed by atoms with van der Waals surface area (Å²) in [5.41, 5.74) is 0. The van der Waals surface area contributed by atoms with Crippen LogP contribution in [0.5, 0.6) is 0 Å². The zero-order chi connectivity index (χ0) is 18.2. The third kappa shape index (κ3) is 6.20. The Hall–Kier alpha value is -1.62. The molecule has 1 saturated heterocycles. The van der Waals surface area contributed by atoms with E-state index in [1.54, 1.807) is 13.3 Å². The van der Waals surface area contributed by atoms with Gasteiger partial charge in [-0.1, -0.05) is 13.3 Å². The molecule has 27 heavy (non-hydrogen) atoms. The number of aliphatic imine (C=N–C) groups is 1. The van der Waals surface area contributed by atoms with Gasteiger partial charge in [0, 0.05) is 26.2 Å². The Morgan fingerprint density at radius 2 is 2.30 bits per heavy atom. The Labute approximate surface area is 177 Å². The zero-order valence-corrected chi connectivity index (χ0v) is 18.4. The summed E-state index contributed by atoms with van der Waals surface area (Å²) >= 11 is 0. The zero-order valence-electron chi connectivity index (χ0n) is 16.1. The van der Waals surface area contributed by atoms with Crippen LogP contribution in [0, 0.1) is 0 Å². The maximum absolute atomic E-state index is 5.30. The molecular formula is C18H30IN7O. The van der Waals surface area contributed by atoms with Crippen molar-refractivity contribution in [3.8, 4) is 11.6 Å². The molecule has 3 rings (SSSR count). The van der Waals surface area contributed by atoms with Gasteiger partial charge in [-0.05, 0) is 37.9 Å². The molecule has 0 bridgehead atoms. The van der Waals surface area contributed by atoms with Crippen LogP contribution in [0.25, 0.3) is 11.6 Å². The van der Waals surface area contributed by atoms with E-state index in [2.05, 4.69) is 42.6 Å². The van der Waals surface area contributed by atoms with Crippen molar-refractivity contribution in [1.29, 1.82) is 0 Å². The van der Waals surface area contributed by atoms with E-state index in [1.165, 1.54) is 32.2 Å². The van der Waals surface area contributed by atoms with Gasteiger partial charge in [-0.3, -0.25) is 15.0 Å². The van der Waals surface area contributed by atoms with Crippen LogP contribution in [0.2, 0.25) is 0 Å². The summed E-state index contributed by atoms with van der Waals surface area (Å²) in [4.78, 5) is 11.3. The monoisotopic (exact) mass is 487 g/mol. The van der Waals surface area contributed by atoms with Crippen molar-refractivity contribution >= 4 is 29.9 Å². The number of guanidine groups is 1. The predicted octanol–water partition coefficient (Wildman–Crippen LogP) is 2.61. The van der Waals surface area contributed by atoms with Crippen LogP contribution in [0.3, 0.4) is 0 Å². The van der Waals surface area contributed by atoms with Gasteiger partial charge < -0.3 is 15.1 Å². The van der Waals surface area contributed by atoms with Gasteiger partial charge in [0.2, 0.25) is 5.82 Å². The topological polar surface area (TPSA) is 94.4 Å². The third-order valence-electron chi connectivity index (χ3n) is 4.83. The minimum Gasteiger partial charge on any atom is -0.461 e. The van der Waals surface area contributed by atoms with Crippen LogP contribution in [0.15, 0.2) is 27.8 Å². The lowest BCUT2D eigenvalue weighted by Crippen LogP contribution is -2.45. The number of aromatic amines is 1. The van der Waals surface area contributed by atoms with E-state index in [1.807, 2.05) is 12.1 Å². The number of furan rings is 1. The molecular weight excluding hydrogens is 457 g/mol. The van der Waals surface area contributed by atoms with Crippen molar-refractivity contribution in [2.75, 3.05) is 26.7 Å². The second kappa shape index (κ2) is 11.3. The lowest BCUT2D eigenvalue weighted by Gasteiger charge is -2.35. The van der Waals surface area contributed by atoms with Gasteiger partial charge in [0.05, 0.1) is 12.8 Å². The van der Waals surface area contributed by atoms with Crippen molar-refractivity contribution in [3.05, 3.63) is 24.2 Å². The maximum Gasteiger partial charge on any atom is 0.216 e. The van der Waals surface area contributed by atoms with E-state index in [4.69, 9.17) is 4.42 Å². The second-order valence-corrected chi connectivity index (χ2v) is 6.53. The maximum atomic E-state index is 5.30. The number of halogens is 1. The van der Waals surface area contributed by atoms with Crippen molar-refractivity contribution in [3.63, 3.8) is 0 Å². The first-order chi connectivity index (χ1) is 12.8. The highest BCUT2D eigenvalue weighted by Crippen LogP contribution is 2.18. The number of aromatic nitrogens is 3. The molecule has 150 valence electrons. The Balaban J connectivity index is 0.00000261. The highest BCUT2D eigenvalue weighted by atomic mass is 127. The van der Waals surface area contributed by atoms with Crippen LogP contribution in [0.4, 0.5) is 0 Å². The summed E-state index contributed by atoms with van der Waals surface area (Å²) in [6, 6.07) is 4.39. The molecule has 1 aliphatic rings. The molecule has 0 amide bonds. The van der Waals surface area contributed by atoms with Crippen LogP contribution < -0.4 is 10.6 Å². The Morgan fingerprint density at radius 1 is 1.41 bits per heavy atom. The number of hydrogen-bond donors (Lipinski definition) is 3. The summed E-state index contributed by atoms with van der Waals surface area (Å²) in [6.07, 6.45) is 6.85. The molecule has 1 unspecified atom stereocenters. The average Bonchev–Trinajstić information content (AvgIpc) is 3.36. The molecule has 3 heterocycles. The molecule has 0 radical (unpaired) electrons. The largest absolute Gasteiger partial charge is 0.461 e. The third-order valence-corrected chi connectivity index (χ3v) is 4.83. The predicted molar refractivity (Wildman–Crippen MR) is 117 cm³/mol. The summed E-state index contributed by atoms with van der Waals surface area (Å²) in [7, 11) is 1.78. The van der Waals surface area contributed by atoms with Gasteiger partial charge in [-0.25, -0.2) is 4.98 Å². The van der Waals surface area contributed by atoms with Crippen molar-refractivity contribution in [2.24, 2.45) is 4.99 Å². The van der Waals surface area contributed by atoms with Gasteiger partial charge in [-0.15, -0.1) is 29.1 Å². The van der Waals surface area contributed by atoms with Crippen molar-refractivity contribution in [2.45, 2.75) is 45.2 Å². The summed E-state index contributed by atoms with van der Waals surface area (Å²) in [6.45, 7) is 5.94. The lowest BCUT2D eigenvalue weighted by atomic mass is 10.0. The fourth-order valence-electron chi connectivity index (χ4n) is 3.41. The van der Waals surface area contributed by atoms with Crippen LogP contribution >= 0.6 is 24.0 Å². The molecule has 0 saturated carbocycles. The minimum atomic E-state index is 0. The summed E-state index contributed by atoms with van der Waals surface area (Å²) in [5, 5.41) is 13.7. The molecule has 0 aromatic carbocycles. The Bertz CT molecular complexity index is 686. The number of nitrogens with one attached hydrogen (secondary N) is 3. The molecule has 2 aromatic heterocycles. The van der Waals surface area contributed by atoms with Crippen molar-refractivity contribution < 1.29 is 4.42 Å². The molecule has 1 aliphatic heterocycles. The van der Waals surface area contributed by atoms with Gasteiger partial charge in [0.25, 0.3) is 0 Å². The molecule has 0 spiro atoms. The first kappa shape index (κ1) is 21.7. The van der Waals surface area contributed by atoms with Crippen molar-refractivity contribution in [1.82, 2.24) is 30.7 Å². The first-order valence-corrected chi connectivity index (χ1v) is 9.44. The van der Waals surface area contributed by atoms with Gasteiger partial charge in [0.15, 0.2) is 11.7 Å². The van der Waals surface area contributed by atoms with Crippen LogP contribution in [-0.2, 0) is 6.54 Å². The smallest absolute Gasteiger partial charge is 0.216 e. The lowest BCUT2D eigenvalue weighted by molar-refractivity contribution is 0.147. The molecule has 8 nitrogen and oxygen atoms in total. The van der Waals surface area contributed by atoms with E-state index >= 15 is 0 Å². The minimum absolute atomic E-state index is 0. The number of likely N-dealkylation sites (tertiary alicyclic amines) is 1. The SMILES string of the molecule is CCC1CCCCN1CCNC(=NC)NCc1nc(-c2ccco2)n[nH]1.I. The molecule has 3 N–H and O–H groups in total. The summed E-state index contributed by atoms with van der Waals surface area (Å²) < 4.78 is 5.30. The van der Waals surface area contributed by atoms with Gasteiger partial charge >= 0.3 is 0 Å². The first-order valence-electron chi connectivity index (χ1n) is 9.44. The Kier molecular flexibility index (Phi) is 9.05. The number of H-pyrrole nitrogens is 1. The summed E-state index contributed by atoms with van der Waals surface area (Å²) in [5.74, 6) is 2.72. The Morgan fingerprint density at radius 3 is 3.04 bits per heavy atom. The van der Waals surface area contributed by atoms with Crippen LogP contribution in [0.1, 0.15) is 38.4 Å². The number of hydrogen-bond acceptors (Lipinski definition) is 5. The fraction of sp³-hybridized carbons (Fsp3) is 0.611. The standard InChI is InChI=1S/C18H29N7O.HI/c1-3-14-7-4-5-10-25(14)11-9-20-18(19-2)21-13-16-22-17(24-23-16)15-8-6-12-26-15;/h6,8,12,14H,3-5,7,9-11,13H2,1-2H3,(H2,19,20,21)(H,22,23,24);1H. The molecule has 1 atom stereocenters. The van der Waals surface area contributed by atoms with E-state index < -0.39 is 0 Å². The highest BCUT2D eigenvalue weighted by molar-refractivity contribution is 14.0. The van der Waals surface area contributed by atoms with Crippen LogP contribution in [-0.4, -0.2) is 58.8 Å². The average molecular weight is 487 g/mol. The number of nitrogens with zero attached hydrogens (tertiary/aromatic N) is 4. The number of piperidine rings is 1. The second-order valence-electron chi connectivity index (χ2n) is 6.53. The number of rotatable bonds is 7. The van der Waals surface area contributed by atoms with E-state index in [0.29, 0.717) is 18.1 Å². The quantitative estimate of drug-likeness (QED) is 0.316. The molecule has 0 aliphatic carbocycles. The van der Waals surface area contributed by atoms with E-state index in [9.17, 15) is 0 Å². The molecule has 9 heteroatoms. The van der Waals surface area contributed by atoms with Gasteiger partial charge in [0.1, 0.15) is 5.82 Å². The molecule has 1 fully saturated rings. The van der Waals surface area contributed by atoms with E-state index in [0.717, 1.165) is 30.9 Å². The highest BCUT2D eigenvalue weighted by Gasteiger charge is 2.20. The van der Waals surface area contributed by atoms with Gasteiger partial charge in [-0.2, -0.15) is 0 Å². The fourth-order valence-corrected chi connectivity index (χ4v) is 3.41.